The summed E-state index contributed by atoms with van der Waals surface area (Å²) in [6, 6.07) is 12.8. The predicted octanol–water partition coefficient (Wildman–Crippen LogP) is 5.10. The molecule has 0 aliphatic rings. The molecule has 0 fully saturated rings. The predicted molar refractivity (Wildman–Crippen MR) is 116 cm³/mol. The van der Waals surface area contributed by atoms with Gasteiger partial charge in [-0.1, -0.05) is 28.1 Å². The Labute approximate surface area is 173 Å². The van der Waals surface area contributed by atoms with Gasteiger partial charge in [0, 0.05) is 21.9 Å². The molecule has 8 heteroatoms. The fourth-order valence-corrected chi connectivity index (χ4v) is 3.68. The minimum absolute atomic E-state index is 0.0780. The molecular formula is C19H17Br2N5O. The SMILES string of the molecule is C/C(=N\Nc1cc(C)nc(-c2cc(Br)cc(Br)c2O)n1)c1cccc(N)c1. The molecule has 0 saturated heterocycles. The molecule has 6 nitrogen and oxygen atoms in total. The quantitative estimate of drug-likeness (QED) is 0.268. The first-order chi connectivity index (χ1) is 12.8. The summed E-state index contributed by atoms with van der Waals surface area (Å²) in [5.41, 5.74) is 12.4. The summed E-state index contributed by atoms with van der Waals surface area (Å²) in [6.07, 6.45) is 0. The number of phenolic OH excluding ortho intramolecular Hbond substituents is 1. The van der Waals surface area contributed by atoms with Gasteiger partial charge in [0.25, 0.3) is 0 Å². The fourth-order valence-electron chi connectivity index (χ4n) is 2.45. The van der Waals surface area contributed by atoms with Gasteiger partial charge in [0.1, 0.15) is 5.75 Å². The number of nitrogens with two attached hydrogens (primary N) is 1. The van der Waals surface area contributed by atoms with E-state index in [4.69, 9.17) is 5.73 Å². The van der Waals surface area contributed by atoms with E-state index in [1.807, 2.05) is 38.1 Å². The number of nitrogens with zero attached hydrogens (tertiary/aromatic N) is 3. The molecule has 0 spiro atoms. The largest absolute Gasteiger partial charge is 0.506 e. The van der Waals surface area contributed by atoms with E-state index in [9.17, 15) is 5.11 Å². The Balaban J connectivity index is 1.94. The Morgan fingerprint density at radius 3 is 2.67 bits per heavy atom. The summed E-state index contributed by atoms with van der Waals surface area (Å²) in [4.78, 5) is 8.90. The van der Waals surface area contributed by atoms with Crippen LogP contribution in [0.5, 0.6) is 5.75 Å². The van der Waals surface area contributed by atoms with Crippen molar-refractivity contribution in [1.29, 1.82) is 0 Å². The zero-order chi connectivity index (χ0) is 19.6. The molecule has 0 saturated carbocycles. The van der Waals surface area contributed by atoms with Crippen molar-refractivity contribution in [3.8, 4) is 17.1 Å². The normalized spacial score (nSPS) is 11.5. The van der Waals surface area contributed by atoms with Gasteiger partial charge in [-0.15, -0.1) is 0 Å². The van der Waals surface area contributed by atoms with E-state index >= 15 is 0 Å². The van der Waals surface area contributed by atoms with Crippen LogP contribution in [0, 0.1) is 6.92 Å². The monoisotopic (exact) mass is 489 g/mol. The highest BCUT2D eigenvalue weighted by Crippen LogP contribution is 2.37. The van der Waals surface area contributed by atoms with E-state index in [0.29, 0.717) is 27.4 Å². The summed E-state index contributed by atoms with van der Waals surface area (Å²) >= 11 is 6.75. The fraction of sp³-hybridized carbons (Fsp3) is 0.105. The Morgan fingerprint density at radius 1 is 1.15 bits per heavy atom. The Morgan fingerprint density at radius 2 is 1.93 bits per heavy atom. The third kappa shape index (κ3) is 4.64. The number of aromatic hydroxyl groups is 1. The van der Waals surface area contributed by atoms with Gasteiger partial charge in [0.05, 0.1) is 15.7 Å². The molecule has 27 heavy (non-hydrogen) atoms. The highest BCUT2D eigenvalue weighted by atomic mass is 79.9. The number of nitrogen functional groups attached to an aromatic ring is 1. The molecule has 4 N–H and O–H groups in total. The van der Waals surface area contributed by atoms with Gasteiger partial charge in [-0.25, -0.2) is 9.97 Å². The maximum absolute atomic E-state index is 10.3. The van der Waals surface area contributed by atoms with Gasteiger partial charge in [-0.05, 0) is 59.6 Å². The molecule has 0 bridgehead atoms. The first-order valence-corrected chi connectivity index (χ1v) is 9.62. The third-order valence-corrected chi connectivity index (χ3v) is 4.83. The molecule has 0 aliphatic heterocycles. The van der Waals surface area contributed by atoms with Crippen LogP contribution in [0.3, 0.4) is 0 Å². The molecule has 0 aliphatic carbocycles. The lowest BCUT2D eigenvalue weighted by Gasteiger charge is -2.09. The molecular weight excluding hydrogens is 474 g/mol. The van der Waals surface area contributed by atoms with Crippen molar-refractivity contribution in [2.24, 2.45) is 5.10 Å². The second-order valence-electron chi connectivity index (χ2n) is 5.94. The second-order valence-corrected chi connectivity index (χ2v) is 7.71. The number of hydrogen-bond acceptors (Lipinski definition) is 6. The number of aromatic nitrogens is 2. The minimum atomic E-state index is 0.0780. The zero-order valence-corrected chi connectivity index (χ0v) is 17.8. The molecule has 0 radical (unpaired) electrons. The summed E-state index contributed by atoms with van der Waals surface area (Å²) in [5.74, 6) is 0.999. The number of aryl methyl sites for hydroxylation is 1. The number of nitrogens with one attached hydrogen (secondary N) is 1. The van der Waals surface area contributed by atoms with Crippen LogP contribution in [0.4, 0.5) is 11.5 Å². The van der Waals surface area contributed by atoms with E-state index in [-0.39, 0.29) is 5.75 Å². The highest BCUT2D eigenvalue weighted by Gasteiger charge is 2.13. The number of halogens is 2. The maximum atomic E-state index is 10.3. The Kier molecular flexibility index (Phi) is 5.76. The lowest BCUT2D eigenvalue weighted by molar-refractivity contribution is 0.473. The van der Waals surface area contributed by atoms with Gasteiger partial charge in [-0.2, -0.15) is 5.10 Å². The van der Waals surface area contributed by atoms with E-state index in [0.717, 1.165) is 21.4 Å². The van der Waals surface area contributed by atoms with Crippen LogP contribution in [0.2, 0.25) is 0 Å². The molecule has 1 aromatic heterocycles. The first-order valence-electron chi connectivity index (χ1n) is 8.04. The Bertz CT molecular complexity index is 1040. The van der Waals surface area contributed by atoms with Gasteiger partial charge >= 0.3 is 0 Å². The number of hydrazone groups is 1. The molecule has 3 aromatic rings. The average molecular weight is 491 g/mol. The highest BCUT2D eigenvalue weighted by molar-refractivity contribution is 9.11. The number of phenols is 1. The Hall–Kier alpha value is -2.45. The van der Waals surface area contributed by atoms with Crippen LogP contribution in [0.25, 0.3) is 11.4 Å². The summed E-state index contributed by atoms with van der Waals surface area (Å²) in [7, 11) is 0. The smallest absolute Gasteiger partial charge is 0.165 e. The summed E-state index contributed by atoms with van der Waals surface area (Å²) < 4.78 is 1.36. The van der Waals surface area contributed by atoms with Gasteiger partial charge in [0.2, 0.25) is 0 Å². The molecule has 2 aromatic carbocycles. The minimum Gasteiger partial charge on any atom is -0.506 e. The number of rotatable bonds is 4. The summed E-state index contributed by atoms with van der Waals surface area (Å²) in [5, 5.41) is 14.7. The van der Waals surface area contributed by atoms with Crippen molar-refractivity contribution >= 4 is 49.1 Å². The first kappa shape index (κ1) is 19.3. The van der Waals surface area contributed by atoms with E-state index in [1.165, 1.54) is 0 Å². The maximum Gasteiger partial charge on any atom is 0.165 e. The molecule has 3 rings (SSSR count). The van der Waals surface area contributed by atoms with Crippen LogP contribution in [-0.4, -0.2) is 20.8 Å². The topological polar surface area (TPSA) is 96.4 Å². The van der Waals surface area contributed by atoms with Crippen molar-refractivity contribution in [3.63, 3.8) is 0 Å². The van der Waals surface area contributed by atoms with Crippen molar-refractivity contribution in [3.05, 3.63) is 62.7 Å². The molecule has 0 amide bonds. The van der Waals surface area contributed by atoms with Crippen molar-refractivity contribution < 1.29 is 5.11 Å². The summed E-state index contributed by atoms with van der Waals surface area (Å²) in [6.45, 7) is 3.74. The van der Waals surface area contributed by atoms with Crippen LogP contribution in [0.15, 0.2) is 56.5 Å². The molecule has 0 unspecified atom stereocenters. The lowest BCUT2D eigenvalue weighted by Crippen LogP contribution is -2.03. The van der Waals surface area contributed by atoms with Gasteiger partial charge in [0.15, 0.2) is 11.6 Å². The van der Waals surface area contributed by atoms with Crippen LogP contribution < -0.4 is 11.2 Å². The lowest BCUT2D eigenvalue weighted by atomic mass is 10.1. The van der Waals surface area contributed by atoms with Crippen molar-refractivity contribution in [2.75, 3.05) is 11.2 Å². The second kappa shape index (κ2) is 8.06. The number of benzene rings is 2. The van der Waals surface area contributed by atoms with E-state index < -0.39 is 0 Å². The zero-order valence-electron chi connectivity index (χ0n) is 14.7. The van der Waals surface area contributed by atoms with Crippen LogP contribution in [-0.2, 0) is 0 Å². The van der Waals surface area contributed by atoms with E-state index in [1.54, 1.807) is 18.2 Å². The number of hydrogen-bond donors (Lipinski definition) is 3. The van der Waals surface area contributed by atoms with E-state index in [2.05, 4.69) is 52.4 Å². The standard InChI is InChI=1S/C19H17Br2N5O/c1-10-6-17(26-25-11(2)12-4-3-5-14(22)7-12)24-19(23-10)15-8-13(20)9-16(21)18(15)27/h3-9,27H,22H2,1-2H3,(H,23,24,26)/b25-11+. The number of anilines is 2. The van der Waals surface area contributed by atoms with Gasteiger partial charge in [-0.3, -0.25) is 5.43 Å². The van der Waals surface area contributed by atoms with Gasteiger partial charge < -0.3 is 10.8 Å². The van der Waals surface area contributed by atoms with Crippen molar-refractivity contribution in [2.45, 2.75) is 13.8 Å². The average Bonchev–Trinajstić information content (AvgIpc) is 2.62. The van der Waals surface area contributed by atoms with Crippen molar-refractivity contribution in [1.82, 2.24) is 9.97 Å². The molecule has 138 valence electrons. The molecule has 1 heterocycles. The third-order valence-electron chi connectivity index (χ3n) is 3.77. The van der Waals surface area contributed by atoms with Crippen LogP contribution >= 0.6 is 31.9 Å². The molecule has 0 atom stereocenters. The van der Waals surface area contributed by atoms with Crippen LogP contribution in [0.1, 0.15) is 18.2 Å².